The molecule has 0 atom stereocenters. The Kier molecular flexibility index (Phi) is 6.89. The van der Waals surface area contributed by atoms with Crippen molar-refractivity contribution in [1.82, 2.24) is 15.0 Å². The Balaban J connectivity index is 1.92. The van der Waals surface area contributed by atoms with Gasteiger partial charge < -0.3 is 14.7 Å². The van der Waals surface area contributed by atoms with Gasteiger partial charge in [-0.05, 0) is 45.4 Å². The second kappa shape index (κ2) is 9.14. The fourth-order valence-electron chi connectivity index (χ4n) is 3.92. The van der Waals surface area contributed by atoms with Gasteiger partial charge in [0.1, 0.15) is 23.9 Å². The van der Waals surface area contributed by atoms with E-state index in [1.165, 1.54) is 0 Å². The van der Waals surface area contributed by atoms with Crippen molar-refractivity contribution in [2.45, 2.75) is 72.8 Å². The summed E-state index contributed by atoms with van der Waals surface area (Å²) in [5.74, 6) is 2.16. The molecule has 3 rings (SSSR count). The molecule has 7 nitrogen and oxygen atoms in total. The van der Waals surface area contributed by atoms with Crippen LogP contribution in [0.1, 0.15) is 64.4 Å². The van der Waals surface area contributed by atoms with Gasteiger partial charge in [-0.1, -0.05) is 20.8 Å². The van der Waals surface area contributed by atoms with Gasteiger partial charge in [0.05, 0.1) is 12.1 Å². The summed E-state index contributed by atoms with van der Waals surface area (Å²) in [4.78, 5) is 28.8. The first-order valence-corrected chi connectivity index (χ1v) is 11.3. The maximum atomic E-state index is 12.6. The van der Waals surface area contributed by atoms with Gasteiger partial charge in [0.2, 0.25) is 0 Å². The molecular formula is C25H36N4O3. The third-order valence-corrected chi connectivity index (χ3v) is 5.16. The second-order valence-corrected chi connectivity index (χ2v) is 10.7. The number of nitrogens with zero attached hydrogens (tertiary/aromatic N) is 4. The van der Waals surface area contributed by atoms with E-state index in [1.54, 1.807) is 13.8 Å². The smallest absolute Gasteiger partial charge is 0.180 e. The topological polar surface area (TPSA) is 88.4 Å². The number of carbonyl (C=O) groups is 1. The molecule has 1 N–H and O–H groups in total. The van der Waals surface area contributed by atoms with Crippen molar-refractivity contribution in [2.75, 3.05) is 25.1 Å². The molecule has 0 amide bonds. The van der Waals surface area contributed by atoms with E-state index < -0.39 is 5.60 Å². The summed E-state index contributed by atoms with van der Waals surface area (Å²) in [7, 11) is 1.92. The van der Waals surface area contributed by atoms with Gasteiger partial charge in [-0.25, -0.2) is 15.0 Å². The van der Waals surface area contributed by atoms with Crippen molar-refractivity contribution in [3.05, 3.63) is 29.1 Å². The molecule has 0 bridgehead atoms. The minimum absolute atomic E-state index is 0.0400. The van der Waals surface area contributed by atoms with E-state index in [9.17, 15) is 9.90 Å². The molecule has 0 radical (unpaired) electrons. The number of ether oxygens (including phenoxy) is 1. The Morgan fingerprint density at radius 2 is 1.84 bits per heavy atom. The molecule has 174 valence electrons. The van der Waals surface area contributed by atoms with E-state index >= 15 is 0 Å². The number of likely N-dealkylation sites (N-methyl/N-ethyl adjacent to an activating group) is 1. The summed E-state index contributed by atoms with van der Waals surface area (Å²) in [6, 6.07) is 3.64. The lowest BCUT2D eigenvalue weighted by Gasteiger charge is -2.23. The van der Waals surface area contributed by atoms with Crippen LogP contribution in [0.2, 0.25) is 0 Å². The van der Waals surface area contributed by atoms with Crippen molar-refractivity contribution < 1.29 is 14.6 Å². The molecule has 0 aliphatic heterocycles. The van der Waals surface area contributed by atoms with Crippen LogP contribution in [0.5, 0.6) is 5.75 Å². The molecule has 1 aliphatic carbocycles. The Morgan fingerprint density at radius 1 is 1.12 bits per heavy atom. The quantitative estimate of drug-likeness (QED) is 0.665. The summed E-state index contributed by atoms with van der Waals surface area (Å²) in [5, 5.41) is 9.98. The van der Waals surface area contributed by atoms with Crippen molar-refractivity contribution >= 4 is 11.6 Å². The Morgan fingerprint density at radius 3 is 2.50 bits per heavy atom. The van der Waals surface area contributed by atoms with Gasteiger partial charge in [-0.15, -0.1) is 0 Å². The number of aromatic nitrogens is 3. The van der Waals surface area contributed by atoms with Crippen LogP contribution in [0.4, 0.5) is 5.82 Å². The molecule has 0 spiro atoms. The number of Topliss-reactive ketones (excluding diaryl/α,β-unsaturated/α-hetero) is 1. The first-order valence-electron chi connectivity index (χ1n) is 11.3. The molecule has 1 aliphatic rings. The zero-order valence-corrected chi connectivity index (χ0v) is 20.4. The predicted octanol–water partition coefficient (Wildman–Crippen LogP) is 3.93. The van der Waals surface area contributed by atoms with Gasteiger partial charge >= 0.3 is 0 Å². The lowest BCUT2D eigenvalue weighted by atomic mass is 9.90. The van der Waals surface area contributed by atoms with Gasteiger partial charge in [-0.3, -0.25) is 4.79 Å². The van der Waals surface area contributed by atoms with Crippen molar-refractivity contribution in [1.29, 1.82) is 0 Å². The number of aryl methyl sites for hydroxylation is 2. The highest BCUT2D eigenvalue weighted by Crippen LogP contribution is 2.32. The average Bonchev–Trinajstić information content (AvgIpc) is 3.11. The molecular weight excluding hydrogens is 404 g/mol. The number of hydrogen-bond acceptors (Lipinski definition) is 7. The first-order chi connectivity index (χ1) is 14.8. The Hall–Kier alpha value is -2.54. The maximum Gasteiger partial charge on any atom is 0.180 e. The summed E-state index contributed by atoms with van der Waals surface area (Å²) < 4.78 is 5.78. The lowest BCUT2D eigenvalue weighted by molar-refractivity contribution is -0.119. The molecule has 2 aromatic rings. The summed E-state index contributed by atoms with van der Waals surface area (Å²) in [6.45, 7) is 12.0. The van der Waals surface area contributed by atoms with Gasteiger partial charge in [0, 0.05) is 42.6 Å². The van der Waals surface area contributed by atoms with Crippen molar-refractivity contribution in [2.24, 2.45) is 5.41 Å². The normalized spacial score (nSPS) is 13.8. The van der Waals surface area contributed by atoms with Crippen LogP contribution in [0.15, 0.2) is 12.1 Å². The number of pyridine rings is 1. The molecule has 0 fully saturated rings. The highest BCUT2D eigenvalue weighted by molar-refractivity contribution is 5.84. The van der Waals surface area contributed by atoms with Crippen LogP contribution in [-0.2, 0) is 17.6 Å². The zero-order valence-electron chi connectivity index (χ0n) is 20.4. The molecule has 0 unspecified atom stereocenters. The highest BCUT2D eigenvalue weighted by atomic mass is 16.5. The van der Waals surface area contributed by atoms with E-state index in [0.29, 0.717) is 30.2 Å². The van der Waals surface area contributed by atoms with E-state index in [0.717, 1.165) is 42.0 Å². The molecule has 0 aromatic carbocycles. The molecule has 0 saturated heterocycles. The lowest BCUT2D eigenvalue weighted by Crippen LogP contribution is -2.30. The van der Waals surface area contributed by atoms with Gasteiger partial charge in [0.15, 0.2) is 11.6 Å². The largest absolute Gasteiger partial charge is 0.490 e. The average molecular weight is 441 g/mol. The summed E-state index contributed by atoms with van der Waals surface area (Å²) in [6.07, 6.45) is 3.38. The van der Waals surface area contributed by atoms with Crippen molar-refractivity contribution in [3.63, 3.8) is 0 Å². The second-order valence-electron chi connectivity index (χ2n) is 10.7. The minimum atomic E-state index is -0.934. The molecule has 32 heavy (non-hydrogen) atoms. The number of rotatable bonds is 8. The Labute approximate surface area is 191 Å². The molecule has 2 aromatic heterocycles. The van der Waals surface area contributed by atoms with Crippen LogP contribution in [-0.4, -0.2) is 51.6 Å². The monoisotopic (exact) mass is 440 g/mol. The fraction of sp³-hybridized carbons (Fsp3) is 0.600. The minimum Gasteiger partial charge on any atom is -0.490 e. The zero-order chi connectivity index (χ0) is 23.7. The van der Waals surface area contributed by atoms with Crippen LogP contribution >= 0.6 is 0 Å². The van der Waals surface area contributed by atoms with Gasteiger partial charge in [0.25, 0.3) is 0 Å². The van der Waals surface area contributed by atoms with E-state index in [-0.39, 0.29) is 17.8 Å². The SMILES string of the molecule is Cc1cc(OCC(C)(C)O)cc(-c2nc3c(c(N(C)CC(=O)CC(C)(C)C)n2)CCC3)n1. The number of carbonyl (C=O) groups excluding carboxylic acids is 1. The first kappa shape index (κ1) is 24.1. The third kappa shape index (κ3) is 6.48. The molecule has 2 heterocycles. The number of hydrogen-bond donors (Lipinski definition) is 1. The van der Waals surface area contributed by atoms with Crippen molar-refractivity contribution in [3.8, 4) is 17.3 Å². The number of fused-ring (bicyclic) bond motifs is 1. The van der Waals surface area contributed by atoms with Crippen LogP contribution in [0.25, 0.3) is 11.5 Å². The third-order valence-electron chi connectivity index (χ3n) is 5.16. The van der Waals surface area contributed by atoms with Crippen LogP contribution in [0, 0.1) is 12.3 Å². The summed E-state index contributed by atoms with van der Waals surface area (Å²) in [5.41, 5.74) is 2.60. The van der Waals surface area contributed by atoms with E-state index in [4.69, 9.17) is 14.7 Å². The number of ketones is 1. The number of anilines is 1. The molecule has 7 heteroatoms. The summed E-state index contributed by atoms with van der Waals surface area (Å²) >= 11 is 0. The maximum absolute atomic E-state index is 12.6. The van der Waals surface area contributed by atoms with E-state index in [2.05, 4.69) is 25.8 Å². The Bertz CT molecular complexity index is 990. The fourth-order valence-corrected chi connectivity index (χ4v) is 3.92. The van der Waals surface area contributed by atoms with Gasteiger partial charge in [-0.2, -0.15) is 0 Å². The van der Waals surface area contributed by atoms with E-state index in [1.807, 2.05) is 31.0 Å². The molecule has 0 saturated carbocycles. The van der Waals surface area contributed by atoms with Crippen LogP contribution in [0.3, 0.4) is 0 Å². The van der Waals surface area contributed by atoms with Crippen LogP contribution < -0.4 is 9.64 Å². The highest BCUT2D eigenvalue weighted by Gasteiger charge is 2.25. The number of aliphatic hydroxyl groups is 1. The standard InChI is InChI=1S/C25H36N4O3/c1-16-11-18(32-15-25(5,6)31)12-21(26-16)22-27-20-10-8-9-19(20)23(28-22)29(7)14-17(30)13-24(2,3)4/h11-12,31H,8-10,13-15H2,1-7H3. The predicted molar refractivity (Wildman–Crippen MR) is 126 cm³/mol.